The summed E-state index contributed by atoms with van der Waals surface area (Å²) < 4.78 is 0. The van der Waals surface area contributed by atoms with Gasteiger partial charge in [0.15, 0.2) is 0 Å². The van der Waals surface area contributed by atoms with Crippen molar-refractivity contribution in [2.75, 3.05) is 0 Å². The predicted octanol–water partition coefficient (Wildman–Crippen LogP) is 6.63. The van der Waals surface area contributed by atoms with Crippen molar-refractivity contribution in [3.05, 3.63) is 108 Å². The summed E-state index contributed by atoms with van der Waals surface area (Å²) in [5, 5.41) is 0. The summed E-state index contributed by atoms with van der Waals surface area (Å²) in [6.07, 6.45) is 18.2. The fourth-order valence-corrected chi connectivity index (χ4v) is 3.86. The Morgan fingerprint density at radius 1 is 0.367 bits per heavy atom. The van der Waals surface area contributed by atoms with Gasteiger partial charge in [-0.3, -0.25) is 0 Å². The summed E-state index contributed by atoms with van der Waals surface area (Å²) in [7, 11) is 0. The van der Waals surface area contributed by atoms with E-state index in [9.17, 15) is 0 Å². The van der Waals surface area contributed by atoms with Crippen molar-refractivity contribution >= 4 is 0 Å². The molecule has 0 aromatic heterocycles. The van der Waals surface area contributed by atoms with Gasteiger partial charge in [-0.05, 0) is 16.7 Å². The molecule has 4 rings (SSSR count). The van der Waals surface area contributed by atoms with Crippen LogP contribution in [0.2, 0.25) is 0 Å². The second kappa shape index (κ2) is 8.29. The van der Waals surface area contributed by atoms with Gasteiger partial charge < -0.3 is 0 Å². The first kappa shape index (κ1) is 18.9. The van der Waals surface area contributed by atoms with E-state index in [1.54, 1.807) is 0 Å². The molecular formula is C30H18. The third-order valence-electron chi connectivity index (χ3n) is 5.12. The molecule has 0 aliphatic rings. The minimum Gasteiger partial charge on any atom is -0.115 e. The van der Waals surface area contributed by atoms with E-state index in [0.29, 0.717) is 16.7 Å². The van der Waals surface area contributed by atoms with Crippen LogP contribution in [0.5, 0.6) is 0 Å². The van der Waals surface area contributed by atoms with Gasteiger partial charge in [0, 0.05) is 33.4 Å². The molecule has 0 heteroatoms. The normalized spacial score (nSPS) is 9.90. The Hall–Kier alpha value is -4.44. The Bertz CT molecular complexity index is 1130. The van der Waals surface area contributed by atoms with Crippen molar-refractivity contribution in [1.29, 1.82) is 0 Å². The number of hydrogen-bond acceptors (Lipinski definition) is 0. The minimum atomic E-state index is 0.716. The molecule has 0 fully saturated rings. The first-order valence-corrected chi connectivity index (χ1v) is 9.60. The molecule has 0 bridgehead atoms. The van der Waals surface area contributed by atoms with Crippen LogP contribution in [-0.2, 0) is 0 Å². The first-order valence-electron chi connectivity index (χ1n) is 9.60. The fourth-order valence-electron chi connectivity index (χ4n) is 3.86. The van der Waals surface area contributed by atoms with E-state index in [2.05, 4.69) is 17.8 Å². The van der Waals surface area contributed by atoms with Crippen LogP contribution in [0.3, 0.4) is 0 Å². The van der Waals surface area contributed by atoms with Crippen molar-refractivity contribution in [2.45, 2.75) is 0 Å². The zero-order valence-corrected chi connectivity index (χ0v) is 16.4. The second-order valence-electron chi connectivity index (χ2n) is 6.78. The summed E-state index contributed by atoms with van der Waals surface area (Å²) in [4.78, 5) is 0. The van der Waals surface area contributed by atoms with Crippen molar-refractivity contribution in [2.24, 2.45) is 0 Å². The lowest BCUT2D eigenvalue weighted by atomic mass is 9.80. The van der Waals surface area contributed by atoms with Crippen LogP contribution >= 0.6 is 0 Å². The highest BCUT2D eigenvalue weighted by Gasteiger charge is 2.24. The van der Waals surface area contributed by atoms with Crippen molar-refractivity contribution in [3.63, 3.8) is 0 Å². The molecule has 0 unspecified atom stereocenters. The van der Waals surface area contributed by atoms with Crippen molar-refractivity contribution in [3.8, 4) is 70.4 Å². The summed E-state index contributed by atoms with van der Waals surface area (Å²) in [5.41, 5.74) is 7.63. The molecule has 30 heavy (non-hydrogen) atoms. The smallest absolute Gasteiger partial charge is 0.0425 e. The molecule has 0 atom stereocenters. The first-order chi connectivity index (χ1) is 14.8. The topological polar surface area (TPSA) is 0 Å². The largest absolute Gasteiger partial charge is 0.115 e. The van der Waals surface area contributed by atoms with Gasteiger partial charge in [-0.25, -0.2) is 0 Å². The SMILES string of the molecule is C#Cc1c(-c2ccccc2)c(C#C)c(-c2ccccc2)c(C#C)c1-c1ccccc1. The summed E-state index contributed by atoms with van der Waals surface area (Å²) in [6.45, 7) is 0. The maximum atomic E-state index is 6.07. The van der Waals surface area contributed by atoms with Gasteiger partial charge in [0.2, 0.25) is 0 Å². The van der Waals surface area contributed by atoms with E-state index in [0.717, 1.165) is 33.4 Å². The Labute approximate surface area is 178 Å². The molecule has 0 aliphatic carbocycles. The van der Waals surface area contributed by atoms with E-state index >= 15 is 0 Å². The van der Waals surface area contributed by atoms with Gasteiger partial charge in [0.05, 0.1) is 0 Å². The van der Waals surface area contributed by atoms with Gasteiger partial charge in [-0.15, -0.1) is 19.3 Å². The molecule has 4 aromatic carbocycles. The van der Waals surface area contributed by atoms with Crippen LogP contribution < -0.4 is 0 Å². The molecule has 0 amide bonds. The highest BCUT2D eigenvalue weighted by Crippen LogP contribution is 2.43. The number of rotatable bonds is 3. The van der Waals surface area contributed by atoms with E-state index in [-0.39, 0.29) is 0 Å². The van der Waals surface area contributed by atoms with Crippen LogP contribution in [0.25, 0.3) is 33.4 Å². The van der Waals surface area contributed by atoms with Crippen molar-refractivity contribution in [1.82, 2.24) is 0 Å². The Balaban J connectivity index is 2.27. The molecule has 138 valence electrons. The van der Waals surface area contributed by atoms with Gasteiger partial charge in [0.25, 0.3) is 0 Å². The van der Waals surface area contributed by atoms with E-state index in [1.807, 2.05) is 91.0 Å². The Kier molecular flexibility index (Phi) is 5.22. The molecule has 0 aliphatic heterocycles. The molecule has 0 spiro atoms. The van der Waals surface area contributed by atoms with Crippen molar-refractivity contribution < 1.29 is 0 Å². The lowest BCUT2D eigenvalue weighted by Crippen LogP contribution is -2.02. The number of benzene rings is 4. The number of hydrogen-bond donors (Lipinski definition) is 0. The molecular weight excluding hydrogens is 360 g/mol. The number of terminal acetylenes is 3. The third kappa shape index (κ3) is 3.16. The summed E-state index contributed by atoms with van der Waals surface area (Å²) >= 11 is 0. The zero-order valence-electron chi connectivity index (χ0n) is 16.4. The molecule has 0 saturated carbocycles. The van der Waals surface area contributed by atoms with E-state index in [1.165, 1.54) is 0 Å². The predicted molar refractivity (Wildman–Crippen MR) is 127 cm³/mol. The average Bonchev–Trinajstić information content (AvgIpc) is 2.83. The fraction of sp³-hybridized carbons (Fsp3) is 0. The molecule has 0 N–H and O–H groups in total. The highest BCUT2D eigenvalue weighted by atomic mass is 14.2. The maximum absolute atomic E-state index is 6.07. The molecule has 4 aromatic rings. The Morgan fingerprint density at radius 2 is 0.600 bits per heavy atom. The van der Waals surface area contributed by atoms with Gasteiger partial charge in [0.1, 0.15) is 0 Å². The van der Waals surface area contributed by atoms with Crippen LogP contribution in [0, 0.1) is 37.0 Å². The van der Waals surface area contributed by atoms with Gasteiger partial charge in [-0.2, -0.15) is 0 Å². The molecule has 0 radical (unpaired) electrons. The molecule has 0 nitrogen and oxygen atoms in total. The average molecular weight is 378 g/mol. The molecule has 0 heterocycles. The third-order valence-corrected chi connectivity index (χ3v) is 5.12. The van der Waals surface area contributed by atoms with Crippen LogP contribution in [0.1, 0.15) is 16.7 Å². The summed E-state index contributed by atoms with van der Waals surface area (Å²) in [5.74, 6) is 8.69. The van der Waals surface area contributed by atoms with E-state index < -0.39 is 0 Å². The van der Waals surface area contributed by atoms with E-state index in [4.69, 9.17) is 19.3 Å². The highest BCUT2D eigenvalue weighted by molar-refractivity contribution is 5.98. The van der Waals surface area contributed by atoms with Crippen LogP contribution in [0.4, 0.5) is 0 Å². The zero-order chi connectivity index (χ0) is 20.9. The van der Waals surface area contributed by atoms with Gasteiger partial charge >= 0.3 is 0 Å². The van der Waals surface area contributed by atoms with Crippen LogP contribution in [0.15, 0.2) is 91.0 Å². The van der Waals surface area contributed by atoms with Gasteiger partial charge in [-0.1, -0.05) is 109 Å². The molecule has 0 saturated heterocycles. The summed E-state index contributed by atoms with van der Waals surface area (Å²) in [6, 6.07) is 30.0. The lowest BCUT2D eigenvalue weighted by molar-refractivity contribution is 1.49. The second-order valence-corrected chi connectivity index (χ2v) is 6.78. The Morgan fingerprint density at radius 3 is 0.800 bits per heavy atom. The quantitative estimate of drug-likeness (QED) is 0.351. The lowest BCUT2D eigenvalue weighted by Gasteiger charge is -2.21. The maximum Gasteiger partial charge on any atom is 0.0425 e. The minimum absolute atomic E-state index is 0.716. The standard InChI is InChI=1S/C30H18/c1-4-25-28(22-16-10-7-11-17-22)26(5-2)30(24-20-14-9-15-21-24)27(6-3)29(25)23-18-12-8-13-19-23/h1-3,7-21H. The van der Waals surface area contributed by atoms with Crippen LogP contribution in [-0.4, -0.2) is 0 Å². The monoisotopic (exact) mass is 378 g/mol.